The zero-order chi connectivity index (χ0) is 16.1. The molecule has 1 N–H and O–H groups in total. The number of hydrogen-bond acceptors (Lipinski definition) is 1. The number of aromatic amines is 1. The number of nitrogens with zero attached hydrogens (tertiary/aromatic N) is 1. The number of carbonyl (C=O) groups is 1. The molecule has 0 saturated carbocycles. The van der Waals surface area contributed by atoms with Gasteiger partial charge in [-0.1, -0.05) is 15.9 Å². The predicted octanol–water partition coefficient (Wildman–Crippen LogP) is 5.30. The van der Waals surface area contributed by atoms with Gasteiger partial charge in [0.15, 0.2) is 6.29 Å². The summed E-state index contributed by atoms with van der Waals surface area (Å²) in [6, 6.07) is 10.3. The lowest BCUT2D eigenvalue weighted by Crippen LogP contribution is -1.96. The van der Waals surface area contributed by atoms with Crippen molar-refractivity contribution < 1.29 is 4.79 Å². The first-order valence-electron chi connectivity index (χ1n) is 7.43. The molecule has 2 heterocycles. The van der Waals surface area contributed by atoms with Crippen LogP contribution in [0, 0.1) is 13.8 Å². The summed E-state index contributed by atoms with van der Waals surface area (Å²) in [6.07, 6.45) is 4.67. The Morgan fingerprint density at radius 1 is 1.17 bits per heavy atom. The number of aromatic nitrogens is 2. The molecule has 0 spiro atoms. The first kappa shape index (κ1) is 14.3. The Kier molecular flexibility index (Phi) is 3.16. The van der Waals surface area contributed by atoms with Gasteiger partial charge in [0.05, 0.1) is 0 Å². The SMILES string of the molecule is Cc1cc(-n2ccc(C=O)c2)c(C)c2c1[nH]c1ccc(Br)cc12. The largest absolute Gasteiger partial charge is 0.354 e. The molecule has 0 fully saturated rings. The molecule has 0 bridgehead atoms. The van der Waals surface area contributed by atoms with Gasteiger partial charge < -0.3 is 9.55 Å². The lowest BCUT2D eigenvalue weighted by Gasteiger charge is -2.11. The zero-order valence-electron chi connectivity index (χ0n) is 12.9. The van der Waals surface area contributed by atoms with Gasteiger partial charge in [0.25, 0.3) is 0 Å². The smallest absolute Gasteiger partial charge is 0.151 e. The Morgan fingerprint density at radius 2 is 2.00 bits per heavy atom. The molecule has 0 aliphatic carbocycles. The second-order valence-electron chi connectivity index (χ2n) is 5.87. The molecular weight excluding hydrogens is 352 g/mol. The molecule has 114 valence electrons. The first-order valence-corrected chi connectivity index (χ1v) is 8.22. The minimum atomic E-state index is 0.684. The number of benzene rings is 2. The first-order chi connectivity index (χ1) is 11.1. The van der Waals surface area contributed by atoms with Crippen LogP contribution in [0.4, 0.5) is 0 Å². The van der Waals surface area contributed by atoms with Crippen LogP contribution in [0.25, 0.3) is 27.5 Å². The summed E-state index contributed by atoms with van der Waals surface area (Å²) in [5.41, 5.74) is 6.47. The van der Waals surface area contributed by atoms with Crippen LogP contribution in [0.2, 0.25) is 0 Å². The maximum Gasteiger partial charge on any atom is 0.151 e. The summed E-state index contributed by atoms with van der Waals surface area (Å²) in [5, 5.41) is 2.44. The lowest BCUT2D eigenvalue weighted by atomic mass is 10.0. The molecule has 0 aliphatic heterocycles. The Morgan fingerprint density at radius 3 is 2.74 bits per heavy atom. The van der Waals surface area contributed by atoms with E-state index in [4.69, 9.17) is 0 Å². The van der Waals surface area contributed by atoms with Crippen LogP contribution in [0.3, 0.4) is 0 Å². The van der Waals surface area contributed by atoms with Crippen LogP contribution in [0.15, 0.2) is 47.2 Å². The number of aryl methyl sites for hydroxylation is 2. The van der Waals surface area contributed by atoms with E-state index >= 15 is 0 Å². The van der Waals surface area contributed by atoms with Crippen molar-refractivity contribution in [3.8, 4) is 5.69 Å². The number of hydrogen-bond donors (Lipinski definition) is 1. The van der Waals surface area contributed by atoms with Crippen LogP contribution in [0.1, 0.15) is 21.5 Å². The van der Waals surface area contributed by atoms with Gasteiger partial charge in [0.1, 0.15) is 0 Å². The Hall–Kier alpha value is -2.33. The van der Waals surface area contributed by atoms with E-state index in [1.807, 2.05) is 29.1 Å². The molecule has 4 rings (SSSR count). The fraction of sp³-hybridized carbons (Fsp3) is 0.105. The van der Waals surface area contributed by atoms with Crippen molar-refractivity contribution in [1.82, 2.24) is 9.55 Å². The highest BCUT2D eigenvalue weighted by Crippen LogP contribution is 2.35. The van der Waals surface area contributed by atoms with Gasteiger partial charge in [-0.3, -0.25) is 4.79 Å². The van der Waals surface area contributed by atoms with Gasteiger partial charge in [0, 0.05) is 49.9 Å². The molecule has 0 unspecified atom stereocenters. The van der Waals surface area contributed by atoms with E-state index in [1.165, 1.54) is 27.4 Å². The Bertz CT molecular complexity index is 1070. The van der Waals surface area contributed by atoms with Gasteiger partial charge in [-0.2, -0.15) is 0 Å². The maximum atomic E-state index is 11.0. The third-order valence-electron chi connectivity index (χ3n) is 4.40. The number of H-pyrrole nitrogens is 1. The van der Waals surface area contributed by atoms with Gasteiger partial charge >= 0.3 is 0 Å². The zero-order valence-corrected chi connectivity index (χ0v) is 14.4. The topological polar surface area (TPSA) is 37.8 Å². The molecule has 2 aromatic heterocycles. The molecule has 0 atom stereocenters. The highest BCUT2D eigenvalue weighted by molar-refractivity contribution is 9.10. The van der Waals surface area contributed by atoms with Crippen molar-refractivity contribution in [2.45, 2.75) is 13.8 Å². The molecule has 0 radical (unpaired) electrons. The average Bonchev–Trinajstić information content (AvgIpc) is 3.15. The van der Waals surface area contributed by atoms with Gasteiger partial charge in [-0.25, -0.2) is 0 Å². The van der Waals surface area contributed by atoms with E-state index in [-0.39, 0.29) is 0 Å². The van der Waals surface area contributed by atoms with Crippen molar-refractivity contribution >= 4 is 44.0 Å². The number of halogens is 1. The molecule has 4 heteroatoms. The summed E-state index contributed by atoms with van der Waals surface area (Å²) in [5.74, 6) is 0. The van der Waals surface area contributed by atoms with E-state index in [2.05, 4.69) is 53.0 Å². The molecule has 0 aliphatic rings. The highest BCUT2D eigenvalue weighted by atomic mass is 79.9. The number of carbonyl (C=O) groups excluding carboxylic acids is 1. The molecule has 3 nitrogen and oxygen atoms in total. The van der Waals surface area contributed by atoms with Gasteiger partial charge in [-0.15, -0.1) is 0 Å². The van der Waals surface area contributed by atoms with Crippen molar-refractivity contribution in [1.29, 1.82) is 0 Å². The summed E-state index contributed by atoms with van der Waals surface area (Å²) in [7, 11) is 0. The molecule has 23 heavy (non-hydrogen) atoms. The van der Waals surface area contributed by atoms with E-state index in [0.717, 1.165) is 22.0 Å². The lowest BCUT2D eigenvalue weighted by molar-refractivity contribution is 0.112. The normalized spacial score (nSPS) is 11.4. The second kappa shape index (κ2) is 5.10. The van der Waals surface area contributed by atoms with Crippen LogP contribution >= 0.6 is 15.9 Å². The number of aldehydes is 1. The van der Waals surface area contributed by atoms with Crippen molar-refractivity contribution in [2.24, 2.45) is 0 Å². The molecular formula is C19H15BrN2O. The van der Waals surface area contributed by atoms with E-state index in [1.54, 1.807) is 0 Å². The van der Waals surface area contributed by atoms with E-state index < -0.39 is 0 Å². The van der Waals surface area contributed by atoms with E-state index in [9.17, 15) is 4.79 Å². The summed E-state index contributed by atoms with van der Waals surface area (Å²) < 4.78 is 3.08. The number of rotatable bonds is 2. The van der Waals surface area contributed by atoms with Crippen molar-refractivity contribution in [2.75, 3.05) is 0 Å². The van der Waals surface area contributed by atoms with Crippen molar-refractivity contribution in [3.63, 3.8) is 0 Å². The third-order valence-corrected chi connectivity index (χ3v) is 4.89. The molecule has 0 saturated heterocycles. The second-order valence-corrected chi connectivity index (χ2v) is 6.79. The Labute approximate surface area is 142 Å². The van der Waals surface area contributed by atoms with Gasteiger partial charge in [-0.05, 0) is 55.3 Å². The van der Waals surface area contributed by atoms with Crippen LogP contribution in [-0.2, 0) is 0 Å². The van der Waals surface area contributed by atoms with Crippen LogP contribution in [-0.4, -0.2) is 15.8 Å². The van der Waals surface area contributed by atoms with Crippen LogP contribution < -0.4 is 0 Å². The molecule has 2 aromatic carbocycles. The summed E-state index contributed by atoms with van der Waals surface area (Å²) in [4.78, 5) is 14.5. The monoisotopic (exact) mass is 366 g/mol. The third kappa shape index (κ3) is 2.13. The number of fused-ring (bicyclic) bond motifs is 3. The summed E-state index contributed by atoms with van der Waals surface area (Å²) in [6.45, 7) is 4.24. The minimum absolute atomic E-state index is 0.684. The average molecular weight is 367 g/mol. The molecule has 0 amide bonds. The van der Waals surface area contributed by atoms with Crippen molar-refractivity contribution in [3.05, 3.63) is 63.9 Å². The summed E-state index contributed by atoms with van der Waals surface area (Å²) >= 11 is 3.56. The van der Waals surface area contributed by atoms with Gasteiger partial charge in [0.2, 0.25) is 0 Å². The molecule has 4 aromatic rings. The maximum absolute atomic E-state index is 11.0. The Balaban J connectivity index is 2.10. The standard InChI is InChI=1S/C19H15BrN2O/c1-11-7-17(22-6-5-13(9-22)10-23)12(2)18-15-8-14(20)3-4-16(15)21-19(11)18/h3-10,21H,1-2H3. The minimum Gasteiger partial charge on any atom is -0.354 e. The number of nitrogens with one attached hydrogen (secondary N) is 1. The fourth-order valence-electron chi connectivity index (χ4n) is 3.26. The van der Waals surface area contributed by atoms with Crippen LogP contribution in [0.5, 0.6) is 0 Å². The quantitative estimate of drug-likeness (QED) is 0.480. The highest BCUT2D eigenvalue weighted by Gasteiger charge is 2.14. The fourth-order valence-corrected chi connectivity index (χ4v) is 3.62. The van der Waals surface area contributed by atoms with E-state index in [0.29, 0.717) is 5.56 Å². The predicted molar refractivity (Wildman–Crippen MR) is 97.7 cm³/mol.